The minimum atomic E-state index is 0.130. The molecule has 6 heteroatoms. The maximum atomic E-state index is 5.13. The summed E-state index contributed by atoms with van der Waals surface area (Å²) in [4.78, 5) is 0. The Kier molecular flexibility index (Phi) is 6.21. The first-order valence-electron chi connectivity index (χ1n) is 6.54. The van der Waals surface area contributed by atoms with Crippen LogP contribution in [0.25, 0.3) is 0 Å². The molecule has 0 fully saturated rings. The molecule has 0 aromatic carbocycles. The van der Waals surface area contributed by atoms with Crippen LogP contribution in [0.4, 0.5) is 0 Å². The number of rotatable bonds is 9. The minimum Gasteiger partial charge on any atom is -0.385 e. The van der Waals surface area contributed by atoms with E-state index in [4.69, 9.17) is 4.74 Å². The number of methoxy groups -OCH3 is 1. The highest BCUT2D eigenvalue weighted by atomic mass is 16.5. The highest BCUT2D eigenvalue weighted by Crippen LogP contribution is 2.22. The molecule has 6 nitrogen and oxygen atoms in total. The highest BCUT2D eigenvalue weighted by Gasteiger charge is 2.20. The van der Waals surface area contributed by atoms with Gasteiger partial charge in [-0.1, -0.05) is 20.8 Å². The predicted octanol–water partition coefficient (Wildman–Crippen LogP) is 1.24. The monoisotopic (exact) mass is 255 g/mol. The Morgan fingerprint density at radius 1 is 1.39 bits per heavy atom. The fourth-order valence-electron chi connectivity index (χ4n) is 1.71. The van der Waals surface area contributed by atoms with Crippen molar-refractivity contribution in [1.29, 1.82) is 0 Å². The Morgan fingerprint density at radius 3 is 2.83 bits per heavy atom. The van der Waals surface area contributed by atoms with E-state index in [-0.39, 0.29) is 5.41 Å². The molecule has 0 unspecified atom stereocenters. The topological polar surface area (TPSA) is 64.9 Å². The molecule has 0 amide bonds. The Bertz CT molecular complexity index is 337. The van der Waals surface area contributed by atoms with Gasteiger partial charge in [0.05, 0.1) is 13.1 Å². The van der Waals surface area contributed by atoms with Crippen molar-refractivity contribution < 1.29 is 4.74 Å². The third-order valence-electron chi connectivity index (χ3n) is 2.88. The third kappa shape index (κ3) is 5.10. The van der Waals surface area contributed by atoms with Gasteiger partial charge in [0.15, 0.2) is 5.82 Å². The first kappa shape index (κ1) is 15.0. The number of aromatic nitrogens is 4. The SMILES string of the molecule is CCCNCc1nnnn1CC(C)(C)CCOC. The van der Waals surface area contributed by atoms with Crippen molar-refractivity contribution in [3.8, 4) is 0 Å². The van der Waals surface area contributed by atoms with Crippen LogP contribution < -0.4 is 5.32 Å². The molecule has 0 aliphatic carbocycles. The summed E-state index contributed by atoms with van der Waals surface area (Å²) in [5, 5.41) is 15.2. The van der Waals surface area contributed by atoms with E-state index in [0.29, 0.717) is 0 Å². The lowest BCUT2D eigenvalue weighted by atomic mass is 9.90. The number of nitrogens with one attached hydrogen (secondary N) is 1. The summed E-state index contributed by atoms with van der Waals surface area (Å²) in [6.07, 6.45) is 2.10. The summed E-state index contributed by atoms with van der Waals surface area (Å²) in [7, 11) is 1.73. The van der Waals surface area contributed by atoms with Crippen LogP contribution in [0, 0.1) is 5.41 Å². The standard InChI is InChI=1S/C12H25N5O/c1-5-7-13-9-11-14-15-16-17(11)10-12(2,3)6-8-18-4/h13H,5-10H2,1-4H3. The molecule has 0 aliphatic rings. The van der Waals surface area contributed by atoms with Crippen molar-refractivity contribution in [3.05, 3.63) is 5.82 Å². The molecule has 0 radical (unpaired) electrons. The number of hydrogen-bond acceptors (Lipinski definition) is 5. The smallest absolute Gasteiger partial charge is 0.165 e. The van der Waals surface area contributed by atoms with Gasteiger partial charge in [-0.25, -0.2) is 4.68 Å². The van der Waals surface area contributed by atoms with Gasteiger partial charge in [-0.2, -0.15) is 0 Å². The van der Waals surface area contributed by atoms with Crippen LogP contribution in [0.15, 0.2) is 0 Å². The van der Waals surface area contributed by atoms with E-state index in [1.165, 1.54) is 0 Å². The Morgan fingerprint density at radius 2 is 2.17 bits per heavy atom. The molecule has 1 N–H and O–H groups in total. The van der Waals surface area contributed by atoms with Crippen molar-refractivity contribution in [2.24, 2.45) is 5.41 Å². The Hall–Kier alpha value is -1.01. The van der Waals surface area contributed by atoms with Crippen molar-refractivity contribution in [2.75, 3.05) is 20.3 Å². The highest BCUT2D eigenvalue weighted by molar-refractivity contribution is 4.82. The molecule has 1 aromatic heterocycles. The predicted molar refractivity (Wildman–Crippen MR) is 70.1 cm³/mol. The molecule has 0 spiro atoms. The largest absolute Gasteiger partial charge is 0.385 e. The zero-order valence-corrected chi connectivity index (χ0v) is 11.9. The average molecular weight is 255 g/mol. The van der Waals surface area contributed by atoms with Gasteiger partial charge in [-0.15, -0.1) is 5.10 Å². The zero-order valence-electron chi connectivity index (χ0n) is 11.9. The van der Waals surface area contributed by atoms with E-state index in [0.717, 1.165) is 44.9 Å². The van der Waals surface area contributed by atoms with Gasteiger partial charge >= 0.3 is 0 Å². The van der Waals surface area contributed by atoms with E-state index < -0.39 is 0 Å². The minimum absolute atomic E-state index is 0.130. The molecule has 0 saturated carbocycles. The van der Waals surface area contributed by atoms with E-state index in [1.807, 2.05) is 4.68 Å². The molecule has 0 bridgehead atoms. The average Bonchev–Trinajstić information content (AvgIpc) is 2.74. The first-order chi connectivity index (χ1) is 8.59. The molecule has 0 atom stereocenters. The van der Waals surface area contributed by atoms with E-state index in [1.54, 1.807) is 7.11 Å². The van der Waals surface area contributed by atoms with Gasteiger partial charge in [-0.05, 0) is 35.2 Å². The van der Waals surface area contributed by atoms with Crippen LogP contribution in [-0.4, -0.2) is 40.5 Å². The molecular weight excluding hydrogens is 230 g/mol. The number of hydrogen-bond donors (Lipinski definition) is 1. The summed E-state index contributed by atoms with van der Waals surface area (Å²) in [6, 6.07) is 0. The van der Waals surface area contributed by atoms with Crippen molar-refractivity contribution in [3.63, 3.8) is 0 Å². The molecule has 1 aromatic rings. The van der Waals surface area contributed by atoms with Gasteiger partial charge in [0.25, 0.3) is 0 Å². The number of ether oxygens (including phenoxy) is 1. The molecule has 104 valence electrons. The number of nitrogens with zero attached hydrogens (tertiary/aromatic N) is 4. The fourth-order valence-corrected chi connectivity index (χ4v) is 1.71. The molecule has 18 heavy (non-hydrogen) atoms. The fraction of sp³-hybridized carbons (Fsp3) is 0.917. The van der Waals surface area contributed by atoms with E-state index in [9.17, 15) is 0 Å². The second kappa shape index (κ2) is 7.43. The lowest BCUT2D eigenvalue weighted by Gasteiger charge is -2.24. The van der Waals surface area contributed by atoms with Gasteiger partial charge < -0.3 is 10.1 Å². The van der Waals surface area contributed by atoms with E-state index in [2.05, 4.69) is 41.6 Å². The zero-order chi connectivity index (χ0) is 13.4. The summed E-state index contributed by atoms with van der Waals surface area (Å²) < 4.78 is 7.02. The Balaban J connectivity index is 2.53. The summed E-state index contributed by atoms with van der Waals surface area (Å²) in [5.41, 5.74) is 0.130. The molecule has 0 aliphatic heterocycles. The van der Waals surface area contributed by atoms with Crippen LogP contribution in [-0.2, 0) is 17.8 Å². The molecule has 1 heterocycles. The Labute approximate surface area is 109 Å². The quantitative estimate of drug-likeness (QED) is 0.672. The van der Waals surface area contributed by atoms with Crippen molar-refractivity contribution >= 4 is 0 Å². The van der Waals surface area contributed by atoms with Gasteiger partial charge in [-0.3, -0.25) is 0 Å². The summed E-state index contributed by atoms with van der Waals surface area (Å²) >= 11 is 0. The molecule has 0 saturated heterocycles. The second-order valence-corrected chi connectivity index (χ2v) is 5.34. The van der Waals surface area contributed by atoms with Crippen LogP contribution >= 0.6 is 0 Å². The van der Waals surface area contributed by atoms with E-state index >= 15 is 0 Å². The van der Waals surface area contributed by atoms with Crippen LogP contribution in [0.2, 0.25) is 0 Å². The van der Waals surface area contributed by atoms with Gasteiger partial charge in [0, 0.05) is 13.7 Å². The lowest BCUT2D eigenvalue weighted by molar-refractivity contribution is 0.139. The first-order valence-corrected chi connectivity index (χ1v) is 6.54. The summed E-state index contributed by atoms with van der Waals surface area (Å²) in [5.74, 6) is 0.897. The lowest BCUT2D eigenvalue weighted by Crippen LogP contribution is -2.25. The molecular formula is C12H25N5O. The van der Waals surface area contributed by atoms with Gasteiger partial charge in [0.2, 0.25) is 0 Å². The normalized spacial score (nSPS) is 12.0. The maximum absolute atomic E-state index is 5.13. The maximum Gasteiger partial charge on any atom is 0.165 e. The summed E-state index contributed by atoms with van der Waals surface area (Å²) in [6.45, 7) is 9.84. The van der Waals surface area contributed by atoms with Crippen molar-refractivity contribution in [2.45, 2.75) is 46.7 Å². The second-order valence-electron chi connectivity index (χ2n) is 5.34. The molecule has 1 rings (SSSR count). The van der Waals surface area contributed by atoms with Crippen LogP contribution in [0.5, 0.6) is 0 Å². The van der Waals surface area contributed by atoms with Crippen LogP contribution in [0.3, 0.4) is 0 Å². The van der Waals surface area contributed by atoms with Crippen LogP contribution in [0.1, 0.15) is 39.4 Å². The third-order valence-corrected chi connectivity index (χ3v) is 2.88. The number of tetrazole rings is 1. The van der Waals surface area contributed by atoms with Gasteiger partial charge in [0.1, 0.15) is 0 Å². The van der Waals surface area contributed by atoms with Crippen molar-refractivity contribution in [1.82, 2.24) is 25.5 Å².